The van der Waals surface area contributed by atoms with Crippen LogP contribution in [-0.2, 0) is 4.79 Å². The molecule has 0 atom stereocenters. The standard InChI is InChI=1S/C28H25F2IN4O4/c1-16-13-17(31)7-8-21(16)33-24-20(26(37)38)14-19(22(29)23(24)30)25(36)34-11-9-28(10-12-34)27(39)32-15-35(28)18-5-3-2-4-6-18/h2-8,13-14,33H,9-12,15H2,1H3,(H,32,39)(H,37,38). The molecule has 8 nitrogen and oxygen atoms in total. The Morgan fingerprint density at radius 1 is 1.03 bits per heavy atom. The zero-order valence-electron chi connectivity index (χ0n) is 20.9. The van der Waals surface area contributed by atoms with Crippen molar-refractivity contribution in [3.63, 3.8) is 0 Å². The fraction of sp³-hybridized carbons (Fsp3) is 0.250. The maximum absolute atomic E-state index is 15.3. The van der Waals surface area contributed by atoms with Crippen LogP contribution in [0.15, 0.2) is 54.6 Å². The summed E-state index contributed by atoms with van der Waals surface area (Å²) in [6.45, 7) is 2.30. The number of nitrogens with one attached hydrogen (secondary N) is 2. The number of piperidine rings is 1. The number of hydrogen-bond acceptors (Lipinski definition) is 5. The number of carbonyl (C=O) groups excluding carboxylic acids is 2. The number of para-hydroxylation sites is 1. The smallest absolute Gasteiger partial charge is 0.337 e. The average molecular weight is 646 g/mol. The van der Waals surface area contributed by atoms with Crippen LogP contribution in [0.4, 0.5) is 25.8 Å². The molecule has 2 aliphatic rings. The molecule has 0 aliphatic carbocycles. The second kappa shape index (κ2) is 10.4. The highest BCUT2D eigenvalue weighted by Crippen LogP contribution is 2.37. The summed E-state index contributed by atoms with van der Waals surface area (Å²) in [4.78, 5) is 41.6. The van der Waals surface area contributed by atoms with E-state index < -0.39 is 45.9 Å². The number of anilines is 3. The molecule has 2 heterocycles. The zero-order valence-corrected chi connectivity index (χ0v) is 23.1. The van der Waals surface area contributed by atoms with Crippen LogP contribution in [0.25, 0.3) is 0 Å². The van der Waals surface area contributed by atoms with Crippen molar-refractivity contribution in [2.75, 3.05) is 30.0 Å². The van der Waals surface area contributed by atoms with E-state index in [1.54, 1.807) is 19.1 Å². The third-order valence-electron chi connectivity index (χ3n) is 7.40. The Morgan fingerprint density at radius 3 is 2.36 bits per heavy atom. The van der Waals surface area contributed by atoms with E-state index in [2.05, 4.69) is 33.2 Å². The Bertz CT molecular complexity index is 1480. The van der Waals surface area contributed by atoms with Gasteiger partial charge in [-0.15, -0.1) is 0 Å². The molecule has 2 fully saturated rings. The number of benzene rings is 3. The van der Waals surface area contributed by atoms with Gasteiger partial charge in [-0.1, -0.05) is 18.2 Å². The SMILES string of the molecule is Cc1cc(I)ccc1Nc1c(C(=O)O)cc(C(=O)N2CCC3(CC2)C(=O)NCN3c2ccccc2)c(F)c1F. The number of carboxylic acids is 1. The summed E-state index contributed by atoms with van der Waals surface area (Å²) in [7, 11) is 0. The van der Waals surface area contributed by atoms with Crippen molar-refractivity contribution in [3.8, 4) is 0 Å². The highest BCUT2D eigenvalue weighted by molar-refractivity contribution is 14.1. The summed E-state index contributed by atoms with van der Waals surface area (Å²) in [5.41, 5.74) is -0.667. The number of likely N-dealkylation sites (tertiary alicyclic amines) is 1. The summed E-state index contributed by atoms with van der Waals surface area (Å²) in [5, 5.41) is 15.4. The van der Waals surface area contributed by atoms with Gasteiger partial charge in [-0.3, -0.25) is 9.59 Å². The number of carboxylic acid groups (broad SMARTS) is 1. The molecule has 2 saturated heterocycles. The van der Waals surface area contributed by atoms with E-state index in [0.717, 1.165) is 15.3 Å². The van der Waals surface area contributed by atoms with Gasteiger partial charge in [0.2, 0.25) is 5.91 Å². The van der Waals surface area contributed by atoms with Crippen LogP contribution in [0.2, 0.25) is 0 Å². The third kappa shape index (κ3) is 4.79. The summed E-state index contributed by atoms with van der Waals surface area (Å²) < 4.78 is 31.5. The van der Waals surface area contributed by atoms with Crippen LogP contribution >= 0.6 is 22.6 Å². The molecule has 202 valence electrons. The fourth-order valence-corrected chi connectivity index (χ4v) is 5.90. The first kappa shape index (κ1) is 26.9. The summed E-state index contributed by atoms with van der Waals surface area (Å²) in [6, 6.07) is 15.5. The lowest BCUT2D eigenvalue weighted by Crippen LogP contribution is -2.57. The van der Waals surface area contributed by atoms with Gasteiger partial charge in [0.25, 0.3) is 5.91 Å². The van der Waals surface area contributed by atoms with Gasteiger partial charge in [-0.25, -0.2) is 13.6 Å². The van der Waals surface area contributed by atoms with Gasteiger partial charge in [0.1, 0.15) is 5.54 Å². The first-order valence-electron chi connectivity index (χ1n) is 12.3. The molecule has 5 rings (SSSR count). The molecule has 3 aromatic rings. The quantitative estimate of drug-likeness (QED) is 0.342. The lowest BCUT2D eigenvalue weighted by molar-refractivity contribution is -0.124. The van der Waals surface area contributed by atoms with Gasteiger partial charge in [0, 0.05) is 28.0 Å². The number of hydrogen-bond donors (Lipinski definition) is 3. The van der Waals surface area contributed by atoms with Gasteiger partial charge in [0.15, 0.2) is 11.6 Å². The average Bonchev–Trinajstić information content (AvgIpc) is 3.23. The Hall–Kier alpha value is -3.74. The molecule has 0 radical (unpaired) electrons. The lowest BCUT2D eigenvalue weighted by atomic mass is 9.85. The van der Waals surface area contributed by atoms with E-state index in [9.17, 15) is 19.5 Å². The molecule has 2 aliphatic heterocycles. The molecule has 3 aromatic carbocycles. The molecule has 0 bridgehead atoms. The minimum Gasteiger partial charge on any atom is -0.478 e. The normalized spacial score (nSPS) is 16.4. The molecular formula is C28H25F2IN4O4. The highest BCUT2D eigenvalue weighted by Gasteiger charge is 2.51. The summed E-state index contributed by atoms with van der Waals surface area (Å²) in [6.07, 6.45) is 0.558. The van der Waals surface area contributed by atoms with Crippen molar-refractivity contribution < 1.29 is 28.3 Å². The van der Waals surface area contributed by atoms with Crippen molar-refractivity contribution in [3.05, 3.63) is 86.5 Å². The highest BCUT2D eigenvalue weighted by atomic mass is 127. The third-order valence-corrected chi connectivity index (χ3v) is 8.07. The lowest BCUT2D eigenvalue weighted by Gasteiger charge is -2.43. The van der Waals surface area contributed by atoms with E-state index >= 15 is 8.78 Å². The van der Waals surface area contributed by atoms with Gasteiger partial charge in [-0.05, 0) is 84.3 Å². The van der Waals surface area contributed by atoms with E-state index in [-0.39, 0.29) is 31.8 Å². The first-order valence-corrected chi connectivity index (χ1v) is 13.4. The van der Waals surface area contributed by atoms with Crippen LogP contribution in [0, 0.1) is 22.1 Å². The van der Waals surface area contributed by atoms with E-state index in [0.29, 0.717) is 17.9 Å². The number of aryl methyl sites for hydroxylation is 1. The first-order chi connectivity index (χ1) is 18.6. The van der Waals surface area contributed by atoms with Crippen LogP contribution < -0.4 is 15.5 Å². The van der Waals surface area contributed by atoms with Crippen molar-refractivity contribution in [1.82, 2.24) is 10.2 Å². The largest absolute Gasteiger partial charge is 0.478 e. The Morgan fingerprint density at radius 2 is 1.72 bits per heavy atom. The molecule has 0 saturated carbocycles. The maximum atomic E-state index is 15.3. The van der Waals surface area contributed by atoms with Crippen molar-refractivity contribution in [1.29, 1.82) is 0 Å². The Kier molecular flexibility index (Phi) is 7.19. The molecule has 11 heteroatoms. The van der Waals surface area contributed by atoms with Gasteiger partial charge in [-0.2, -0.15) is 0 Å². The van der Waals surface area contributed by atoms with Crippen molar-refractivity contribution in [2.45, 2.75) is 25.3 Å². The van der Waals surface area contributed by atoms with E-state index in [1.165, 1.54) is 4.90 Å². The molecule has 2 amide bonds. The number of nitrogens with zero attached hydrogens (tertiary/aromatic N) is 2. The van der Waals surface area contributed by atoms with Crippen LogP contribution in [0.1, 0.15) is 39.1 Å². The number of amides is 2. The van der Waals surface area contributed by atoms with Crippen LogP contribution in [0.3, 0.4) is 0 Å². The minimum absolute atomic E-state index is 0.112. The van der Waals surface area contributed by atoms with Gasteiger partial charge < -0.3 is 25.5 Å². The van der Waals surface area contributed by atoms with Crippen molar-refractivity contribution in [2.24, 2.45) is 0 Å². The van der Waals surface area contributed by atoms with Gasteiger partial charge in [0.05, 0.1) is 23.5 Å². The second-order valence-electron chi connectivity index (χ2n) is 9.62. The second-order valence-corrected chi connectivity index (χ2v) is 10.9. The predicted molar refractivity (Wildman–Crippen MR) is 150 cm³/mol. The van der Waals surface area contributed by atoms with Crippen LogP contribution in [-0.4, -0.2) is 53.1 Å². The molecule has 0 aromatic heterocycles. The monoisotopic (exact) mass is 646 g/mol. The molecule has 0 unspecified atom stereocenters. The topological polar surface area (TPSA) is 102 Å². The number of carbonyl (C=O) groups is 3. The maximum Gasteiger partial charge on any atom is 0.337 e. The molecular weight excluding hydrogens is 621 g/mol. The predicted octanol–water partition coefficient (Wildman–Crippen LogP) is 4.89. The van der Waals surface area contributed by atoms with Gasteiger partial charge >= 0.3 is 5.97 Å². The molecule has 1 spiro atoms. The minimum atomic E-state index is -1.51. The van der Waals surface area contributed by atoms with Crippen LogP contribution in [0.5, 0.6) is 0 Å². The fourth-order valence-electron chi connectivity index (χ4n) is 5.26. The summed E-state index contributed by atoms with van der Waals surface area (Å²) >= 11 is 2.11. The Labute approximate surface area is 237 Å². The van der Waals surface area contributed by atoms with Crippen molar-refractivity contribution >= 4 is 57.4 Å². The number of halogens is 3. The number of rotatable bonds is 5. The summed E-state index contributed by atoms with van der Waals surface area (Å²) in [5.74, 6) is -5.36. The van der Waals surface area contributed by atoms with E-state index in [4.69, 9.17) is 0 Å². The molecule has 3 N–H and O–H groups in total. The zero-order chi connectivity index (χ0) is 27.9. The van der Waals surface area contributed by atoms with E-state index in [1.807, 2.05) is 41.3 Å². The number of aromatic carboxylic acids is 1. The molecule has 39 heavy (non-hydrogen) atoms. The Balaban J connectivity index is 1.41.